The molecule has 0 saturated heterocycles. The Kier molecular flexibility index (Phi) is 3.96. The highest BCUT2D eigenvalue weighted by Crippen LogP contribution is 2.16. The largest absolute Gasteiger partial charge is 0.310 e. The fourth-order valence-electron chi connectivity index (χ4n) is 1.40. The van der Waals surface area contributed by atoms with Gasteiger partial charge in [0, 0.05) is 49.2 Å². The second-order valence-electron chi connectivity index (χ2n) is 3.60. The van der Waals surface area contributed by atoms with Gasteiger partial charge in [-0.3, -0.25) is 9.97 Å². The van der Waals surface area contributed by atoms with Crippen LogP contribution < -0.4 is 5.32 Å². The van der Waals surface area contributed by atoms with Crippen LogP contribution in [0.4, 0.5) is 0 Å². The first-order valence-electron chi connectivity index (χ1n) is 5.21. The molecule has 2 aromatic heterocycles. The summed E-state index contributed by atoms with van der Waals surface area (Å²) in [5, 5.41) is 6.54. The standard InChI is InChI=1S/C11H14N4S/c1-9(11-15-4-5-16-11)6-13-8-10-7-12-2-3-14-10/h2-5,7,9,13H,6,8H2,1H3. The number of thiazole rings is 1. The first-order chi connectivity index (χ1) is 7.86. The van der Waals surface area contributed by atoms with Crippen LogP contribution in [0.1, 0.15) is 23.5 Å². The van der Waals surface area contributed by atoms with Crippen molar-refractivity contribution < 1.29 is 0 Å². The third-order valence-electron chi connectivity index (χ3n) is 2.25. The first kappa shape index (κ1) is 11.2. The number of rotatable bonds is 5. The molecule has 1 N–H and O–H groups in total. The van der Waals surface area contributed by atoms with Gasteiger partial charge in [-0.1, -0.05) is 6.92 Å². The van der Waals surface area contributed by atoms with Crippen molar-refractivity contribution in [3.63, 3.8) is 0 Å². The molecule has 1 atom stereocenters. The third-order valence-corrected chi connectivity index (χ3v) is 3.25. The molecule has 84 valence electrons. The van der Waals surface area contributed by atoms with E-state index in [0.717, 1.165) is 18.8 Å². The van der Waals surface area contributed by atoms with Crippen molar-refractivity contribution in [1.82, 2.24) is 20.3 Å². The van der Waals surface area contributed by atoms with Crippen LogP contribution in [0.2, 0.25) is 0 Å². The molecule has 0 saturated carbocycles. The summed E-state index contributed by atoms with van der Waals surface area (Å²) in [6.45, 7) is 3.83. The fourth-order valence-corrected chi connectivity index (χ4v) is 2.10. The van der Waals surface area contributed by atoms with E-state index in [1.54, 1.807) is 29.9 Å². The van der Waals surface area contributed by atoms with Gasteiger partial charge in [-0.15, -0.1) is 11.3 Å². The van der Waals surface area contributed by atoms with E-state index in [0.29, 0.717) is 5.92 Å². The Hall–Kier alpha value is -1.33. The maximum absolute atomic E-state index is 4.29. The zero-order valence-electron chi connectivity index (χ0n) is 9.13. The lowest BCUT2D eigenvalue weighted by atomic mass is 10.2. The minimum absolute atomic E-state index is 0.441. The smallest absolute Gasteiger partial charge is 0.0965 e. The Morgan fingerprint density at radius 3 is 2.94 bits per heavy atom. The average Bonchev–Trinajstić information content (AvgIpc) is 2.84. The van der Waals surface area contributed by atoms with Crippen molar-refractivity contribution in [2.45, 2.75) is 19.4 Å². The molecule has 5 heteroatoms. The van der Waals surface area contributed by atoms with E-state index in [2.05, 4.69) is 27.2 Å². The molecule has 0 aliphatic heterocycles. The molecule has 1 unspecified atom stereocenters. The minimum Gasteiger partial charge on any atom is -0.310 e. The summed E-state index contributed by atoms with van der Waals surface area (Å²) in [7, 11) is 0. The predicted molar refractivity (Wildman–Crippen MR) is 64.3 cm³/mol. The van der Waals surface area contributed by atoms with E-state index in [4.69, 9.17) is 0 Å². The summed E-state index contributed by atoms with van der Waals surface area (Å²) < 4.78 is 0. The monoisotopic (exact) mass is 234 g/mol. The number of nitrogens with one attached hydrogen (secondary N) is 1. The van der Waals surface area contributed by atoms with Gasteiger partial charge in [-0.25, -0.2) is 4.98 Å². The van der Waals surface area contributed by atoms with Gasteiger partial charge in [0.25, 0.3) is 0 Å². The summed E-state index contributed by atoms with van der Waals surface area (Å²) in [5.74, 6) is 0.441. The van der Waals surface area contributed by atoms with Crippen molar-refractivity contribution in [3.8, 4) is 0 Å². The molecule has 16 heavy (non-hydrogen) atoms. The molecule has 0 aromatic carbocycles. The summed E-state index contributed by atoms with van der Waals surface area (Å²) in [4.78, 5) is 12.5. The van der Waals surface area contributed by atoms with Crippen molar-refractivity contribution in [2.75, 3.05) is 6.54 Å². The first-order valence-corrected chi connectivity index (χ1v) is 6.09. The van der Waals surface area contributed by atoms with Gasteiger partial charge in [0.15, 0.2) is 0 Å². The van der Waals surface area contributed by atoms with Gasteiger partial charge in [-0.2, -0.15) is 0 Å². The molecule has 0 bridgehead atoms. The molecule has 0 fully saturated rings. The summed E-state index contributed by atoms with van der Waals surface area (Å²) >= 11 is 1.70. The van der Waals surface area contributed by atoms with Gasteiger partial charge in [0.2, 0.25) is 0 Å². The molecule has 0 spiro atoms. The van der Waals surface area contributed by atoms with Crippen LogP contribution in [0, 0.1) is 0 Å². The minimum atomic E-state index is 0.441. The Balaban J connectivity index is 1.76. The molecule has 2 aromatic rings. The van der Waals surface area contributed by atoms with E-state index in [1.807, 2.05) is 11.6 Å². The second-order valence-corrected chi connectivity index (χ2v) is 4.53. The van der Waals surface area contributed by atoms with E-state index >= 15 is 0 Å². The van der Waals surface area contributed by atoms with Crippen LogP contribution in [0.3, 0.4) is 0 Å². The second kappa shape index (κ2) is 5.67. The highest BCUT2D eigenvalue weighted by molar-refractivity contribution is 7.09. The normalized spacial score (nSPS) is 12.6. The zero-order valence-corrected chi connectivity index (χ0v) is 9.94. The lowest BCUT2D eigenvalue weighted by Gasteiger charge is -2.09. The molecule has 2 heterocycles. The summed E-state index contributed by atoms with van der Waals surface area (Å²) in [6.07, 6.45) is 7.02. The van der Waals surface area contributed by atoms with E-state index < -0.39 is 0 Å². The van der Waals surface area contributed by atoms with Crippen LogP contribution in [0.25, 0.3) is 0 Å². The van der Waals surface area contributed by atoms with E-state index in [9.17, 15) is 0 Å². The van der Waals surface area contributed by atoms with E-state index in [1.165, 1.54) is 5.01 Å². The maximum Gasteiger partial charge on any atom is 0.0965 e. The maximum atomic E-state index is 4.29. The number of hydrogen-bond donors (Lipinski definition) is 1. The van der Waals surface area contributed by atoms with Crippen molar-refractivity contribution >= 4 is 11.3 Å². The third kappa shape index (κ3) is 3.08. The Bertz CT molecular complexity index is 401. The predicted octanol–water partition coefficient (Wildman–Crippen LogP) is 1.83. The molecule has 0 aliphatic carbocycles. The van der Waals surface area contributed by atoms with Crippen LogP contribution in [0.15, 0.2) is 30.2 Å². The number of aromatic nitrogens is 3. The lowest BCUT2D eigenvalue weighted by Crippen LogP contribution is -2.20. The molecule has 4 nitrogen and oxygen atoms in total. The van der Waals surface area contributed by atoms with Crippen molar-refractivity contribution in [3.05, 3.63) is 40.9 Å². The average molecular weight is 234 g/mol. The van der Waals surface area contributed by atoms with Gasteiger partial charge in [-0.05, 0) is 0 Å². The van der Waals surface area contributed by atoms with Gasteiger partial charge >= 0.3 is 0 Å². The zero-order chi connectivity index (χ0) is 11.2. The summed E-state index contributed by atoms with van der Waals surface area (Å²) in [6, 6.07) is 0. The molecule has 2 rings (SSSR count). The highest BCUT2D eigenvalue weighted by atomic mass is 32.1. The van der Waals surface area contributed by atoms with Crippen LogP contribution in [0.5, 0.6) is 0 Å². The summed E-state index contributed by atoms with van der Waals surface area (Å²) in [5.41, 5.74) is 0.967. The van der Waals surface area contributed by atoms with Crippen LogP contribution in [-0.2, 0) is 6.54 Å². The van der Waals surface area contributed by atoms with Gasteiger partial charge < -0.3 is 5.32 Å². The molecular weight excluding hydrogens is 220 g/mol. The molecule has 0 aliphatic rings. The highest BCUT2D eigenvalue weighted by Gasteiger charge is 2.07. The lowest BCUT2D eigenvalue weighted by molar-refractivity contribution is 0.605. The number of nitrogens with zero attached hydrogens (tertiary/aromatic N) is 3. The van der Waals surface area contributed by atoms with Crippen molar-refractivity contribution in [2.24, 2.45) is 0 Å². The van der Waals surface area contributed by atoms with Gasteiger partial charge in [0.05, 0.1) is 10.7 Å². The topological polar surface area (TPSA) is 50.7 Å². The van der Waals surface area contributed by atoms with E-state index in [-0.39, 0.29) is 0 Å². The van der Waals surface area contributed by atoms with Crippen LogP contribution in [-0.4, -0.2) is 21.5 Å². The Morgan fingerprint density at radius 2 is 2.25 bits per heavy atom. The van der Waals surface area contributed by atoms with Crippen LogP contribution >= 0.6 is 11.3 Å². The Morgan fingerprint density at radius 1 is 1.31 bits per heavy atom. The van der Waals surface area contributed by atoms with Gasteiger partial charge in [0.1, 0.15) is 0 Å². The number of hydrogen-bond acceptors (Lipinski definition) is 5. The SMILES string of the molecule is CC(CNCc1cnccn1)c1nccs1. The molecule has 0 radical (unpaired) electrons. The molecular formula is C11H14N4S. The quantitative estimate of drug-likeness (QED) is 0.857. The fraction of sp³-hybridized carbons (Fsp3) is 0.364. The van der Waals surface area contributed by atoms with Crippen molar-refractivity contribution in [1.29, 1.82) is 0 Å². The Labute approximate surface area is 98.8 Å². The molecule has 0 amide bonds.